The standard InChI is InChI=1S/C15H20N4O3S2/c1-6(2)11(13(21)19-15(16)22)23-5-9-17-12(20)10-7(3)8(4)24-14(10)18-9/h6,11H,5H2,1-4H3,(H,17,18,20)(H3,16,19,21,22)/t11-/m0/s1. The third-order valence-corrected chi connectivity index (χ3v) is 6.26. The Labute approximate surface area is 147 Å². The van der Waals surface area contributed by atoms with Gasteiger partial charge in [0, 0.05) is 4.88 Å². The Hall–Kier alpha value is -1.87. The highest BCUT2D eigenvalue weighted by Gasteiger charge is 2.24. The first-order valence-electron chi connectivity index (χ1n) is 7.41. The highest BCUT2D eigenvalue weighted by Crippen LogP contribution is 2.27. The zero-order valence-corrected chi connectivity index (χ0v) is 15.6. The Balaban J connectivity index is 2.21. The largest absolute Gasteiger partial charge is 0.351 e. The van der Waals surface area contributed by atoms with Gasteiger partial charge in [0.2, 0.25) is 5.91 Å². The number of hydrogen-bond acceptors (Lipinski definition) is 6. The predicted molar refractivity (Wildman–Crippen MR) is 97.4 cm³/mol. The molecule has 0 saturated carbocycles. The van der Waals surface area contributed by atoms with E-state index in [9.17, 15) is 14.4 Å². The summed E-state index contributed by atoms with van der Waals surface area (Å²) in [7, 11) is 0. The van der Waals surface area contributed by atoms with Crippen LogP contribution < -0.4 is 16.6 Å². The van der Waals surface area contributed by atoms with Gasteiger partial charge in [0.05, 0.1) is 16.4 Å². The van der Waals surface area contributed by atoms with Crippen LogP contribution >= 0.6 is 23.1 Å². The van der Waals surface area contributed by atoms with Crippen molar-refractivity contribution < 1.29 is 9.59 Å². The summed E-state index contributed by atoms with van der Waals surface area (Å²) in [6.45, 7) is 7.62. The molecule has 4 N–H and O–H groups in total. The van der Waals surface area contributed by atoms with Gasteiger partial charge < -0.3 is 10.7 Å². The molecule has 0 unspecified atom stereocenters. The molecule has 1 atom stereocenters. The lowest BCUT2D eigenvalue weighted by molar-refractivity contribution is -0.120. The van der Waals surface area contributed by atoms with Crippen LogP contribution in [-0.4, -0.2) is 27.2 Å². The number of nitrogens with two attached hydrogens (primary N) is 1. The first-order chi connectivity index (χ1) is 11.2. The minimum atomic E-state index is -0.872. The number of carbonyl (C=O) groups is 2. The molecule has 0 saturated heterocycles. The molecule has 7 nitrogen and oxygen atoms in total. The molecule has 2 aromatic heterocycles. The van der Waals surface area contributed by atoms with E-state index in [1.807, 2.05) is 27.7 Å². The van der Waals surface area contributed by atoms with Gasteiger partial charge in [-0.15, -0.1) is 23.1 Å². The van der Waals surface area contributed by atoms with Crippen LogP contribution in [0.15, 0.2) is 4.79 Å². The Morgan fingerprint density at radius 2 is 2.04 bits per heavy atom. The first kappa shape index (κ1) is 18.5. The van der Waals surface area contributed by atoms with Crippen LogP contribution in [0.4, 0.5) is 4.79 Å². The number of thiophene rings is 1. The van der Waals surface area contributed by atoms with E-state index in [2.05, 4.69) is 15.3 Å². The van der Waals surface area contributed by atoms with Crippen LogP contribution in [0.1, 0.15) is 30.1 Å². The van der Waals surface area contributed by atoms with Crippen molar-refractivity contribution in [3.63, 3.8) is 0 Å². The molecule has 3 amide bonds. The number of aromatic nitrogens is 2. The zero-order chi connectivity index (χ0) is 18.0. The third-order valence-electron chi connectivity index (χ3n) is 3.60. The van der Waals surface area contributed by atoms with Crippen molar-refractivity contribution in [2.75, 3.05) is 0 Å². The van der Waals surface area contributed by atoms with Gasteiger partial charge in [0.25, 0.3) is 5.56 Å². The number of fused-ring (bicyclic) bond motifs is 1. The fraction of sp³-hybridized carbons (Fsp3) is 0.467. The average Bonchev–Trinajstić information content (AvgIpc) is 2.73. The van der Waals surface area contributed by atoms with E-state index >= 15 is 0 Å². The quantitative estimate of drug-likeness (QED) is 0.746. The molecule has 9 heteroatoms. The number of aryl methyl sites for hydroxylation is 2. The van der Waals surface area contributed by atoms with Gasteiger partial charge in [-0.25, -0.2) is 9.78 Å². The lowest BCUT2D eigenvalue weighted by atomic mass is 10.1. The van der Waals surface area contributed by atoms with Gasteiger partial charge in [-0.3, -0.25) is 14.9 Å². The van der Waals surface area contributed by atoms with Crippen molar-refractivity contribution in [2.24, 2.45) is 11.7 Å². The van der Waals surface area contributed by atoms with Crippen molar-refractivity contribution in [1.29, 1.82) is 0 Å². The highest BCUT2D eigenvalue weighted by atomic mass is 32.2. The fourth-order valence-corrected chi connectivity index (χ4v) is 4.42. The molecule has 2 rings (SSSR count). The van der Waals surface area contributed by atoms with E-state index in [0.717, 1.165) is 10.4 Å². The number of hydrogen-bond donors (Lipinski definition) is 3. The monoisotopic (exact) mass is 368 g/mol. The van der Waals surface area contributed by atoms with E-state index in [4.69, 9.17) is 5.73 Å². The summed E-state index contributed by atoms with van der Waals surface area (Å²) in [5, 5.41) is 2.26. The van der Waals surface area contributed by atoms with Gasteiger partial charge in [0.1, 0.15) is 10.7 Å². The number of primary amides is 1. The van der Waals surface area contributed by atoms with E-state index in [1.54, 1.807) is 0 Å². The number of rotatable bonds is 5. The van der Waals surface area contributed by atoms with E-state index in [1.165, 1.54) is 23.1 Å². The Bertz CT molecular complexity index is 841. The topological polar surface area (TPSA) is 118 Å². The number of nitrogens with one attached hydrogen (secondary N) is 2. The summed E-state index contributed by atoms with van der Waals surface area (Å²) >= 11 is 2.79. The second-order valence-electron chi connectivity index (χ2n) is 5.81. The molecular weight excluding hydrogens is 348 g/mol. The van der Waals surface area contributed by atoms with E-state index in [0.29, 0.717) is 21.8 Å². The normalized spacial score (nSPS) is 12.5. The summed E-state index contributed by atoms with van der Waals surface area (Å²) in [6, 6.07) is -0.872. The molecule has 0 spiro atoms. The lowest BCUT2D eigenvalue weighted by Gasteiger charge is -2.18. The second kappa shape index (κ2) is 7.35. The van der Waals surface area contributed by atoms with Crippen molar-refractivity contribution >= 4 is 45.3 Å². The van der Waals surface area contributed by atoms with Crippen molar-refractivity contribution in [1.82, 2.24) is 15.3 Å². The van der Waals surface area contributed by atoms with Gasteiger partial charge in [-0.05, 0) is 25.3 Å². The Morgan fingerprint density at radius 1 is 1.38 bits per heavy atom. The summed E-state index contributed by atoms with van der Waals surface area (Å²) < 4.78 is 0. The molecule has 0 aliphatic rings. The van der Waals surface area contributed by atoms with Gasteiger partial charge in [0.15, 0.2) is 0 Å². The number of urea groups is 1. The van der Waals surface area contributed by atoms with Crippen LogP contribution in [-0.2, 0) is 10.5 Å². The predicted octanol–water partition coefficient (Wildman–Crippen LogP) is 2.05. The number of aromatic amines is 1. The molecule has 130 valence electrons. The molecule has 2 heterocycles. The van der Waals surface area contributed by atoms with Gasteiger partial charge >= 0.3 is 6.03 Å². The molecule has 0 aromatic carbocycles. The van der Waals surface area contributed by atoms with E-state index in [-0.39, 0.29) is 11.5 Å². The lowest BCUT2D eigenvalue weighted by Crippen LogP contribution is -2.42. The Kier molecular flexibility index (Phi) is 5.66. The molecule has 0 radical (unpaired) electrons. The highest BCUT2D eigenvalue weighted by molar-refractivity contribution is 7.99. The SMILES string of the molecule is Cc1sc2nc(CS[C@H](C(=O)NC(N)=O)C(C)C)[nH]c(=O)c2c1C. The maximum Gasteiger partial charge on any atom is 0.318 e. The van der Waals surface area contributed by atoms with Crippen LogP contribution in [0, 0.1) is 19.8 Å². The van der Waals surface area contributed by atoms with Crippen LogP contribution in [0.2, 0.25) is 0 Å². The molecule has 0 bridgehead atoms. The molecule has 0 aliphatic heterocycles. The Morgan fingerprint density at radius 3 is 2.62 bits per heavy atom. The number of thioether (sulfide) groups is 1. The van der Waals surface area contributed by atoms with Crippen LogP contribution in [0.25, 0.3) is 10.2 Å². The van der Waals surface area contributed by atoms with Crippen molar-refractivity contribution in [2.45, 2.75) is 38.7 Å². The fourth-order valence-electron chi connectivity index (χ4n) is 2.30. The zero-order valence-electron chi connectivity index (χ0n) is 13.9. The minimum absolute atomic E-state index is 0.00368. The maximum absolute atomic E-state index is 12.3. The van der Waals surface area contributed by atoms with E-state index < -0.39 is 17.2 Å². The second-order valence-corrected chi connectivity index (χ2v) is 8.14. The van der Waals surface area contributed by atoms with Gasteiger partial charge in [-0.1, -0.05) is 13.8 Å². The van der Waals surface area contributed by atoms with Crippen LogP contribution in [0.3, 0.4) is 0 Å². The van der Waals surface area contributed by atoms with Crippen molar-refractivity contribution in [3.05, 3.63) is 26.6 Å². The number of nitrogens with zero attached hydrogens (tertiary/aromatic N) is 1. The smallest absolute Gasteiger partial charge is 0.318 e. The summed E-state index contributed by atoms with van der Waals surface area (Å²) in [5.74, 6) is 0.428. The average molecular weight is 368 g/mol. The molecule has 0 aliphatic carbocycles. The summed E-state index contributed by atoms with van der Waals surface area (Å²) in [4.78, 5) is 44.2. The van der Waals surface area contributed by atoms with Gasteiger partial charge in [-0.2, -0.15) is 0 Å². The summed E-state index contributed by atoms with van der Waals surface area (Å²) in [5.41, 5.74) is 5.78. The van der Waals surface area contributed by atoms with Crippen LogP contribution in [0.5, 0.6) is 0 Å². The van der Waals surface area contributed by atoms with Crippen molar-refractivity contribution in [3.8, 4) is 0 Å². The molecule has 0 fully saturated rings. The number of H-pyrrole nitrogens is 1. The molecule has 24 heavy (non-hydrogen) atoms. The minimum Gasteiger partial charge on any atom is -0.351 e. The number of imide groups is 1. The summed E-state index contributed by atoms with van der Waals surface area (Å²) in [6.07, 6.45) is 0. The molecular formula is C15H20N4O3S2. The number of amides is 3. The molecule has 2 aromatic rings. The third kappa shape index (κ3) is 3.96. The number of carbonyl (C=O) groups excluding carboxylic acids is 2. The maximum atomic E-state index is 12.3. The first-order valence-corrected chi connectivity index (χ1v) is 9.28.